The Kier molecular flexibility index (Phi) is 3.23. The second kappa shape index (κ2) is 5.70. The van der Waals surface area contributed by atoms with Gasteiger partial charge in [-0.05, 0) is 29.8 Å². The highest BCUT2D eigenvalue weighted by Gasteiger charge is 2.29. The minimum Gasteiger partial charge on any atom is -0.485 e. The van der Waals surface area contributed by atoms with Crippen LogP contribution in [0.3, 0.4) is 0 Å². The van der Waals surface area contributed by atoms with Gasteiger partial charge in [-0.3, -0.25) is 4.99 Å². The molecule has 0 bridgehead atoms. The molecule has 1 atom stereocenters. The number of ether oxygens (including phenoxy) is 2. The molecule has 2 aliphatic heterocycles. The average Bonchev–Trinajstić information content (AvgIpc) is 3.11. The van der Waals surface area contributed by atoms with Crippen molar-refractivity contribution < 1.29 is 9.47 Å². The third-order valence-corrected chi connectivity index (χ3v) is 4.48. The van der Waals surface area contributed by atoms with Crippen LogP contribution in [0, 0.1) is 0 Å². The molecule has 5 rings (SSSR count). The average molecular weight is 329 g/mol. The largest absolute Gasteiger partial charge is 0.485 e. The zero-order valence-electron chi connectivity index (χ0n) is 13.4. The van der Waals surface area contributed by atoms with E-state index in [-0.39, 0.29) is 6.10 Å². The maximum atomic E-state index is 6.09. The summed E-state index contributed by atoms with van der Waals surface area (Å²) in [5, 5.41) is 0. The van der Waals surface area contributed by atoms with Crippen molar-refractivity contribution in [1.29, 1.82) is 0 Å². The standard InChI is InChI=1S/C20H15N3O2/c1-2-4-19-18(3-1)24-11-20(25-19)17-10-14-6-5-13(9-16(14)23-17)15-7-8-21-12-22-15/h1-9,12,20H,10-11H2. The number of nitrogens with zero attached hydrogens (tertiary/aromatic N) is 3. The molecule has 5 nitrogen and oxygen atoms in total. The van der Waals surface area contributed by atoms with Crippen LogP contribution in [0.4, 0.5) is 5.69 Å². The van der Waals surface area contributed by atoms with E-state index in [1.165, 1.54) is 5.56 Å². The third-order valence-electron chi connectivity index (χ3n) is 4.48. The van der Waals surface area contributed by atoms with E-state index in [0.29, 0.717) is 6.61 Å². The van der Waals surface area contributed by atoms with Crippen LogP contribution in [0.1, 0.15) is 5.56 Å². The Morgan fingerprint density at radius 1 is 1.00 bits per heavy atom. The molecular formula is C20H15N3O2. The van der Waals surface area contributed by atoms with Gasteiger partial charge in [0.25, 0.3) is 0 Å². The smallest absolute Gasteiger partial charge is 0.171 e. The molecule has 2 aromatic carbocycles. The third kappa shape index (κ3) is 2.54. The van der Waals surface area contributed by atoms with Gasteiger partial charge in [-0.1, -0.05) is 24.3 Å². The molecule has 3 aromatic rings. The summed E-state index contributed by atoms with van der Waals surface area (Å²) < 4.78 is 11.9. The first kappa shape index (κ1) is 14.2. The first-order valence-electron chi connectivity index (χ1n) is 8.22. The van der Waals surface area contributed by atoms with Crippen molar-refractivity contribution >= 4 is 11.4 Å². The van der Waals surface area contributed by atoms with Crippen LogP contribution in [0.25, 0.3) is 11.3 Å². The van der Waals surface area contributed by atoms with Gasteiger partial charge in [0.1, 0.15) is 12.9 Å². The van der Waals surface area contributed by atoms with Crippen molar-refractivity contribution in [2.24, 2.45) is 4.99 Å². The summed E-state index contributed by atoms with van der Waals surface area (Å²) in [6, 6.07) is 15.9. The number of benzene rings is 2. The summed E-state index contributed by atoms with van der Waals surface area (Å²) in [5.41, 5.74) is 5.12. The lowest BCUT2D eigenvalue weighted by molar-refractivity contribution is 0.134. The maximum absolute atomic E-state index is 6.09. The molecule has 5 heteroatoms. The van der Waals surface area contributed by atoms with Crippen molar-refractivity contribution in [1.82, 2.24) is 9.97 Å². The van der Waals surface area contributed by atoms with Crippen LogP contribution in [-0.2, 0) is 6.42 Å². The molecule has 0 saturated heterocycles. The van der Waals surface area contributed by atoms with E-state index in [2.05, 4.69) is 28.2 Å². The van der Waals surface area contributed by atoms with Gasteiger partial charge in [0.2, 0.25) is 0 Å². The highest BCUT2D eigenvalue weighted by Crippen LogP contribution is 2.35. The molecule has 0 fully saturated rings. The molecule has 0 N–H and O–H groups in total. The van der Waals surface area contributed by atoms with Gasteiger partial charge < -0.3 is 9.47 Å². The molecule has 1 unspecified atom stereocenters. The van der Waals surface area contributed by atoms with Crippen molar-refractivity contribution in [2.75, 3.05) is 6.61 Å². The van der Waals surface area contributed by atoms with Crippen LogP contribution in [-0.4, -0.2) is 28.4 Å². The Labute approximate surface area is 145 Å². The van der Waals surface area contributed by atoms with E-state index in [1.54, 1.807) is 12.5 Å². The second-order valence-electron chi connectivity index (χ2n) is 6.08. The highest BCUT2D eigenvalue weighted by atomic mass is 16.6. The molecule has 0 saturated carbocycles. The summed E-state index contributed by atoms with van der Waals surface area (Å²) in [6.07, 6.45) is 3.94. The fourth-order valence-electron chi connectivity index (χ4n) is 3.20. The quantitative estimate of drug-likeness (QED) is 0.721. The summed E-state index contributed by atoms with van der Waals surface area (Å²) in [4.78, 5) is 13.1. The number of hydrogen-bond acceptors (Lipinski definition) is 5. The van der Waals surface area contributed by atoms with Crippen molar-refractivity contribution in [2.45, 2.75) is 12.5 Å². The van der Waals surface area contributed by atoms with Crippen LogP contribution in [0.2, 0.25) is 0 Å². The predicted molar refractivity (Wildman–Crippen MR) is 94.6 cm³/mol. The van der Waals surface area contributed by atoms with Gasteiger partial charge in [-0.2, -0.15) is 0 Å². The normalized spacial score (nSPS) is 17.8. The summed E-state index contributed by atoms with van der Waals surface area (Å²) in [5.74, 6) is 1.57. The van der Waals surface area contributed by atoms with Gasteiger partial charge in [-0.15, -0.1) is 0 Å². The Hall–Kier alpha value is -3.21. The number of para-hydroxylation sites is 2. The zero-order valence-corrected chi connectivity index (χ0v) is 13.4. The second-order valence-corrected chi connectivity index (χ2v) is 6.08. The lowest BCUT2D eigenvalue weighted by Crippen LogP contribution is -2.36. The summed E-state index contributed by atoms with van der Waals surface area (Å²) in [7, 11) is 0. The van der Waals surface area contributed by atoms with Gasteiger partial charge in [0.05, 0.1) is 17.1 Å². The monoisotopic (exact) mass is 329 g/mol. The Morgan fingerprint density at radius 2 is 1.92 bits per heavy atom. The topological polar surface area (TPSA) is 56.6 Å². The predicted octanol–water partition coefficient (Wildman–Crippen LogP) is 3.61. The van der Waals surface area contributed by atoms with Gasteiger partial charge in [-0.25, -0.2) is 9.97 Å². The number of fused-ring (bicyclic) bond motifs is 2. The molecule has 2 aliphatic rings. The Morgan fingerprint density at radius 3 is 2.80 bits per heavy atom. The first-order chi connectivity index (χ1) is 12.4. The molecule has 122 valence electrons. The lowest BCUT2D eigenvalue weighted by Gasteiger charge is -2.26. The van der Waals surface area contributed by atoms with E-state index in [1.807, 2.05) is 30.3 Å². The van der Waals surface area contributed by atoms with Crippen molar-refractivity contribution in [3.05, 3.63) is 66.6 Å². The Bertz CT molecular complexity index is 970. The molecule has 25 heavy (non-hydrogen) atoms. The van der Waals surface area contributed by atoms with Crippen molar-refractivity contribution in [3.8, 4) is 22.8 Å². The van der Waals surface area contributed by atoms with Crippen LogP contribution in [0.15, 0.2) is 66.0 Å². The maximum Gasteiger partial charge on any atom is 0.171 e. The van der Waals surface area contributed by atoms with E-state index in [0.717, 1.165) is 40.6 Å². The minimum atomic E-state index is -0.148. The molecular weight excluding hydrogens is 314 g/mol. The number of aromatic nitrogens is 2. The minimum absolute atomic E-state index is 0.148. The van der Waals surface area contributed by atoms with Gasteiger partial charge in [0, 0.05) is 18.2 Å². The van der Waals surface area contributed by atoms with Crippen LogP contribution < -0.4 is 9.47 Å². The molecule has 3 heterocycles. The molecule has 0 spiro atoms. The fraction of sp³-hybridized carbons (Fsp3) is 0.150. The van der Waals surface area contributed by atoms with E-state index in [9.17, 15) is 0 Å². The number of rotatable bonds is 2. The number of aliphatic imine (C=N–C) groups is 1. The number of hydrogen-bond donors (Lipinski definition) is 0. The van der Waals surface area contributed by atoms with E-state index >= 15 is 0 Å². The fourth-order valence-corrected chi connectivity index (χ4v) is 3.20. The highest BCUT2D eigenvalue weighted by molar-refractivity contribution is 5.98. The summed E-state index contributed by atoms with van der Waals surface area (Å²) >= 11 is 0. The van der Waals surface area contributed by atoms with Crippen molar-refractivity contribution in [3.63, 3.8) is 0 Å². The van der Waals surface area contributed by atoms with Crippen LogP contribution >= 0.6 is 0 Å². The molecule has 1 aromatic heterocycles. The van der Waals surface area contributed by atoms with E-state index < -0.39 is 0 Å². The van der Waals surface area contributed by atoms with Gasteiger partial charge >= 0.3 is 0 Å². The Balaban J connectivity index is 1.43. The zero-order chi connectivity index (χ0) is 16.6. The van der Waals surface area contributed by atoms with Gasteiger partial charge in [0.15, 0.2) is 17.6 Å². The van der Waals surface area contributed by atoms with E-state index in [4.69, 9.17) is 14.5 Å². The SMILES string of the molecule is c1ccc2c(c1)OCC(C1=Nc3cc(-c4ccncn4)ccc3C1)O2. The first-order valence-corrected chi connectivity index (χ1v) is 8.22. The molecule has 0 aliphatic carbocycles. The molecule has 0 radical (unpaired) electrons. The molecule has 0 amide bonds. The lowest BCUT2D eigenvalue weighted by atomic mass is 10.0. The van der Waals surface area contributed by atoms with Crippen LogP contribution in [0.5, 0.6) is 11.5 Å². The summed E-state index contributed by atoms with van der Waals surface area (Å²) in [6.45, 7) is 0.489.